The van der Waals surface area contributed by atoms with E-state index in [1.165, 1.54) is 39.5 Å². The van der Waals surface area contributed by atoms with Gasteiger partial charge in [0.05, 0.1) is 26.4 Å². The zero-order valence-corrected chi connectivity index (χ0v) is 14.6. The third-order valence-corrected chi connectivity index (χ3v) is 3.82. The van der Waals surface area contributed by atoms with E-state index in [1.807, 2.05) is 6.92 Å². The molecule has 0 amide bonds. The van der Waals surface area contributed by atoms with Crippen LogP contribution in [0.4, 0.5) is 0 Å². The zero-order chi connectivity index (χ0) is 17.9. The van der Waals surface area contributed by atoms with Gasteiger partial charge < -0.3 is 14.2 Å². The van der Waals surface area contributed by atoms with Gasteiger partial charge in [0.2, 0.25) is 17.3 Å². The topological polar surface area (TPSA) is 61.8 Å². The minimum absolute atomic E-state index is 0.131. The molecule has 0 spiro atoms. The molecule has 0 aromatic heterocycles. The summed E-state index contributed by atoms with van der Waals surface area (Å²) in [4.78, 5) is 25.0. The fourth-order valence-electron chi connectivity index (χ4n) is 2.27. The van der Waals surface area contributed by atoms with Gasteiger partial charge in [0.25, 0.3) is 0 Å². The van der Waals surface area contributed by atoms with Gasteiger partial charge in [-0.05, 0) is 36.8 Å². The fourth-order valence-corrected chi connectivity index (χ4v) is 2.59. The highest BCUT2D eigenvalue weighted by Crippen LogP contribution is 2.38. The molecule has 24 heavy (non-hydrogen) atoms. The second-order valence-corrected chi connectivity index (χ2v) is 5.46. The molecule has 0 aliphatic heterocycles. The van der Waals surface area contributed by atoms with Crippen molar-refractivity contribution in [2.75, 3.05) is 21.3 Å². The summed E-state index contributed by atoms with van der Waals surface area (Å²) < 4.78 is 15.6. The number of hydrogen-bond donors (Lipinski definition) is 0. The summed E-state index contributed by atoms with van der Waals surface area (Å²) in [6.45, 7) is 1.85. The molecular formula is C18H17ClO5. The smallest absolute Gasteiger partial charge is 0.235 e. The minimum atomic E-state index is -0.708. The van der Waals surface area contributed by atoms with E-state index < -0.39 is 11.6 Å². The molecule has 0 saturated heterocycles. The Morgan fingerprint density at radius 2 is 1.46 bits per heavy atom. The zero-order valence-electron chi connectivity index (χ0n) is 13.8. The van der Waals surface area contributed by atoms with Crippen molar-refractivity contribution in [3.8, 4) is 17.2 Å². The lowest BCUT2D eigenvalue weighted by molar-refractivity contribution is 0.0816. The quantitative estimate of drug-likeness (QED) is 0.588. The van der Waals surface area contributed by atoms with Crippen LogP contribution in [-0.2, 0) is 0 Å². The Labute approximate surface area is 145 Å². The Morgan fingerprint density at radius 1 is 0.875 bits per heavy atom. The third-order valence-electron chi connectivity index (χ3n) is 3.50. The molecule has 0 heterocycles. The van der Waals surface area contributed by atoms with Crippen molar-refractivity contribution in [2.24, 2.45) is 0 Å². The molecule has 126 valence electrons. The molecule has 2 aromatic rings. The predicted molar refractivity (Wildman–Crippen MR) is 90.9 cm³/mol. The summed E-state index contributed by atoms with van der Waals surface area (Å²) in [6.07, 6.45) is 0. The van der Waals surface area contributed by atoms with E-state index in [4.69, 9.17) is 25.8 Å². The minimum Gasteiger partial charge on any atom is -0.493 e. The lowest BCUT2D eigenvalue weighted by Gasteiger charge is -2.13. The number of rotatable bonds is 6. The van der Waals surface area contributed by atoms with E-state index >= 15 is 0 Å². The van der Waals surface area contributed by atoms with Gasteiger partial charge in [-0.3, -0.25) is 9.59 Å². The standard InChI is InChI=1S/C18H17ClO5/c1-10-5-6-12(13(19)7-10)17(21)16(20)11-8-14(22-2)18(24-4)15(9-11)23-3/h5-9H,1-4H3. The summed E-state index contributed by atoms with van der Waals surface area (Å²) in [6, 6.07) is 7.77. The normalized spacial score (nSPS) is 10.2. The van der Waals surface area contributed by atoms with E-state index in [-0.39, 0.29) is 16.1 Å². The van der Waals surface area contributed by atoms with Gasteiger partial charge in [0.15, 0.2) is 11.5 Å². The number of methoxy groups -OCH3 is 3. The van der Waals surface area contributed by atoms with Crippen molar-refractivity contribution in [3.05, 3.63) is 52.0 Å². The van der Waals surface area contributed by atoms with E-state index in [2.05, 4.69) is 0 Å². The number of aryl methyl sites for hydroxylation is 1. The molecule has 5 nitrogen and oxygen atoms in total. The number of carbonyl (C=O) groups excluding carboxylic acids is 2. The van der Waals surface area contributed by atoms with E-state index in [1.54, 1.807) is 12.1 Å². The molecular weight excluding hydrogens is 332 g/mol. The van der Waals surface area contributed by atoms with Crippen LogP contribution in [0.3, 0.4) is 0 Å². The first kappa shape index (κ1) is 17.8. The largest absolute Gasteiger partial charge is 0.493 e. The van der Waals surface area contributed by atoms with Crippen molar-refractivity contribution >= 4 is 23.2 Å². The molecule has 0 unspecified atom stereocenters. The maximum absolute atomic E-state index is 12.6. The molecule has 2 aromatic carbocycles. The van der Waals surface area contributed by atoms with Crippen LogP contribution in [-0.4, -0.2) is 32.9 Å². The first-order chi connectivity index (χ1) is 11.4. The number of halogens is 1. The Balaban J connectivity index is 2.47. The van der Waals surface area contributed by atoms with Crippen LogP contribution in [0.2, 0.25) is 5.02 Å². The number of ether oxygens (including phenoxy) is 3. The summed E-state index contributed by atoms with van der Waals surface area (Å²) in [5, 5.41) is 0.237. The SMILES string of the molecule is COc1cc(C(=O)C(=O)c2ccc(C)cc2Cl)cc(OC)c1OC. The highest BCUT2D eigenvalue weighted by molar-refractivity contribution is 6.52. The maximum Gasteiger partial charge on any atom is 0.235 e. The van der Waals surface area contributed by atoms with E-state index in [0.29, 0.717) is 17.2 Å². The number of Topliss-reactive ketones (excluding diaryl/α,β-unsaturated/α-hetero) is 2. The van der Waals surface area contributed by atoms with Gasteiger partial charge in [0.1, 0.15) is 0 Å². The molecule has 0 aliphatic carbocycles. The van der Waals surface area contributed by atoms with Crippen molar-refractivity contribution in [1.29, 1.82) is 0 Å². The predicted octanol–water partition coefficient (Wildman–Crippen LogP) is 3.74. The maximum atomic E-state index is 12.6. The molecule has 0 aliphatic rings. The number of hydrogen-bond acceptors (Lipinski definition) is 5. The van der Waals surface area contributed by atoms with Crippen LogP contribution >= 0.6 is 11.6 Å². The summed E-state index contributed by atoms with van der Waals surface area (Å²) in [7, 11) is 4.33. The molecule has 0 fully saturated rings. The lowest BCUT2D eigenvalue weighted by atomic mass is 10.00. The molecule has 0 saturated carbocycles. The molecule has 0 bridgehead atoms. The molecule has 0 N–H and O–H groups in total. The molecule has 2 rings (SSSR count). The fraction of sp³-hybridized carbons (Fsp3) is 0.222. The van der Waals surface area contributed by atoms with Crippen molar-refractivity contribution in [1.82, 2.24) is 0 Å². The monoisotopic (exact) mass is 348 g/mol. The van der Waals surface area contributed by atoms with Gasteiger partial charge in [-0.15, -0.1) is 0 Å². The van der Waals surface area contributed by atoms with Crippen molar-refractivity contribution in [2.45, 2.75) is 6.92 Å². The second kappa shape index (κ2) is 7.36. The average Bonchev–Trinajstić information content (AvgIpc) is 2.59. The van der Waals surface area contributed by atoms with Gasteiger partial charge in [0, 0.05) is 11.1 Å². The number of benzene rings is 2. The van der Waals surface area contributed by atoms with Crippen molar-refractivity contribution < 1.29 is 23.8 Å². The average molecular weight is 349 g/mol. The van der Waals surface area contributed by atoms with Crippen molar-refractivity contribution in [3.63, 3.8) is 0 Å². The summed E-state index contributed by atoms with van der Waals surface area (Å²) >= 11 is 6.08. The number of carbonyl (C=O) groups is 2. The Bertz CT molecular complexity index is 773. The van der Waals surface area contributed by atoms with Gasteiger partial charge in [-0.2, -0.15) is 0 Å². The highest BCUT2D eigenvalue weighted by atomic mass is 35.5. The lowest BCUT2D eigenvalue weighted by Crippen LogP contribution is -2.15. The van der Waals surface area contributed by atoms with Gasteiger partial charge in [-0.25, -0.2) is 0 Å². The third kappa shape index (κ3) is 3.36. The van der Waals surface area contributed by atoms with Crippen LogP contribution in [0.15, 0.2) is 30.3 Å². The van der Waals surface area contributed by atoms with Crippen LogP contribution in [0, 0.1) is 6.92 Å². The highest BCUT2D eigenvalue weighted by Gasteiger charge is 2.24. The van der Waals surface area contributed by atoms with Crippen LogP contribution in [0.5, 0.6) is 17.2 Å². The molecule has 6 heteroatoms. The molecule has 0 atom stereocenters. The first-order valence-corrected chi connectivity index (χ1v) is 7.46. The summed E-state index contributed by atoms with van der Waals surface area (Å²) in [5.74, 6) is -0.474. The van der Waals surface area contributed by atoms with Gasteiger partial charge >= 0.3 is 0 Å². The van der Waals surface area contributed by atoms with Gasteiger partial charge in [-0.1, -0.05) is 17.7 Å². The Kier molecular flexibility index (Phi) is 5.46. The van der Waals surface area contributed by atoms with E-state index in [0.717, 1.165) is 5.56 Å². The Hall–Kier alpha value is -2.53. The van der Waals surface area contributed by atoms with Crippen LogP contribution in [0.1, 0.15) is 26.3 Å². The summed E-state index contributed by atoms with van der Waals surface area (Å²) in [5.41, 5.74) is 1.18. The van der Waals surface area contributed by atoms with E-state index in [9.17, 15) is 9.59 Å². The number of ketones is 2. The molecule has 0 radical (unpaired) electrons. The van der Waals surface area contributed by atoms with Crippen LogP contribution in [0.25, 0.3) is 0 Å². The first-order valence-electron chi connectivity index (χ1n) is 7.08. The Morgan fingerprint density at radius 3 is 1.92 bits per heavy atom. The van der Waals surface area contributed by atoms with Crippen LogP contribution < -0.4 is 14.2 Å². The second-order valence-electron chi connectivity index (χ2n) is 5.06.